The van der Waals surface area contributed by atoms with Crippen LogP contribution in [0.4, 0.5) is 10.2 Å². The molecule has 0 aliphatic carbocycles. The summed E-state index contributed by atoms with van der Waals surface area (Å²) < 4.78 is 76.6. The van der Waals surface area contributed by atoms with E-state index in [0.717, 1.165) is 17.2 Å². The quantitative estimate of drug-likeness (QED) is 0.171. The van der Waals surface area contributed by atoms with Gasteiger partial charge in [-0.05, 0) is 0 Å². The number of rotatable bonds is 3. The van der Waals surface area contributed by atoms with Gasteiger partial charge < -0.3 is 34.7 Å². The van der Waals surface area contributed by atoms with Gasteiger partial charge in [-0.1, -0.05) is 0 Å². The number of alkyl halides is 1. The number of aromatic nitrogens is 8. The molecule has 3 fully saturated rings. The number of aromatic amines is 1. The van der Waals surface area contributed by atoms with Crippen molar-refractivity contribution >= 4 is 43.8 Å². The molecule has 4 aromatic heterocycles. The Balaban J connectivity index is 1.20. The molecule has 2 bridgehead atoms. The summed E-state index contributed by atoms with van der Waals surface area (Å²) >= 11 is 0. The van der Waals surface area contributed by atoms with E-state index in [1.807, 2.05) is 0 Å². The number of halogens is 1. The van der Waals surface area contributed by atoms with Crippen LogP contribution in [0.3, 0.4) is 0 Å². The standard InChI is InChI=1S/C21H24FN9O12P2/c1-23-16-11-17(25-4-24-16)31(6-28-11)21-15-13(32)8(40-21)2-38-44(34,35)42-14-9(3-39-45(36,37)43-15)41-20(10(14)22)30-7-29-12-18(30)26-5-27-19(12)33/h4-10,13-15,20-21,32H,2-3H2,1H3,(H,34,35)(H,36,37)(H,23,24,25)(H,26,27,33)/t8-,9?,10+,13+,14+,15+,20?,21?/m0/s1. The van der Waals surface area contributed by atoms with E-state index in [2.05, 4.69) is 35.2 Å². The second-order valence-electron chi connectivity index (χ2n) is 10.1. The Morgan fingerprint density at radius 1 is 0.911 bits per heavy atom. The topological polar surface area (TPSA) is 269 Å². The lowest BCUT2D eigenvalue weighted by molar-refractivity contribution is -0.0671. The molecule has 3 aliphatic heterocycles. The zero-order chi connectivity index (χ0) is 31.7. The van der Waals surface area contributed by atoms with Crippen molar-refractivity contribution in [3.63, 3.8) is 0 Å². The second-order valence-corrected chi connectivity index (χ2v) is 12.9. The summed E-state index contributed by atoms with van der Waals surface area (Å²) in [7, 11) is -8.62. The number of phosphoric acid groups is 2. The van der Waals surface area contributed by atoms with Crippen molar-refractivity contribution in [1.29, 1.82) is 0 Å². The molecule has 7 rings (SSSR count). The van der Waals surface area contributed by atoms with Crippen molar-refractivity contribution in [3.05, 3.63) is 35.7 Å². The number of phosphoric ester groups is 2. The van der Waals surface area contributed by atoms with Crippen LogP contribution in [0.25, 0.3) is 22.3 Å². The van der Waals surface area contributed by atoms with E-state index in [0.29, 0.717) is 11.3 Å². The average molecular weight is 675 g/mol. The minimum atomic E-state index is -5.12. The first kappa shape index (κ1) is 30.4. The maximum Gasteiger partial charge on any atom is 0.472 e. The first-order valence-electron chi connectivity index (χ1n) is 13.2. The Bertz CT molecular complexity index is 1910. The van der Waals surface area contributed by atoms with Crippen molar-refractivity contribution in [2.75, 3.05) is 25.6 Å². The Morgan fingerprint density at radius 2 is 1.53 bits per heavy atom. The lowest BCUT2D eigenvalue weighted by Gasteiger charge is -2.25. The van der Waals surface area contributed by atoms with Crippen molar-refractivity contribution in [2.24, 2.45) is 0 Å². The number of aliphatic hydroxyl groups is 1. The molecular weight excluding hydrogens is 651 g/mol. The predicted octanol–water partition coefficient (Wildman–Crippen LogP) is -0.487. The largest absolute Gasteiger partial charge is 0.472 e. The molecule has 10 atom stereocenters. The Morgan fingerprint density at radius 3 is 2.27 bits per heavy atom. The maximum absolute atomic E-state index is 15.9. The van der Waals surface area contributed by atoms with Crippen molar-refractivity contribution in [2.45, 2.75) is 49.1 Å². The van der Waals surface area contributed by atoms with Gasteiger partial charge in [-0.25, -0.2) is 38.4 Å². The third-order valence-electron chi connectivity index (χ3n) is 7.40. The molecular formula is C21H24FN9O12P2. The van der Waals surface area contributed by atoms with Gasteiger partial charge in [0, 0.05) is 7.05 Å². The number of aliphatic hydroxyl groups excluding tert-OH is 1. The summed E-state index contributed by atoms with van der Waals surface area (Å²) in [6.45, 7) is -1.71. The number of ether oxygens (including phenoxy) is 2. The van der Waals surface area contributed by atoms with Gasteiger partial charge in [0.15, 0.2) is 41.3 Å². The number of imidazole rings is 2. The van der Waals surface area contributed by atoms with E-state index >= 15 is 4.39 Å². The van der Waals surface area contributed by atoms with Crippen molar-refractivity contribution in [3.8, 4) is 0 Å². The molecule has 3 saturated heterocycles. The maximum atomic E-state index is 15.9. The van der Waals surface area contributed by atoms with Crippen molar-refractivity contribution in [1.82, 2.24) is 39.0 Å². The first-order chi connectivity index (χ1) is 21.5. The fourth-order valence-corrected chi connectivity index (χ4v) is 7.23. The van der Waals surface area contributed by atoms with Gasteiger partial charge in [-0.15, -0.1) is 0 Å². The van der Waals surface area contributed by atoms with Crippen LogP contribution < -0.4 is 10.9 Å². The van der Waals surface area contributed by atoms with E-state index in [9.17, 15) is 28.8 Å². The molecule has 0 saturated carbocycles. The molecule has 45 heavy (non-hydrogen) atoms. The Hall–Kier alpha value is -3.27. The molecule has 24 heteroatoms. The van der Waals surface area contributed by atoms with Crippen LogP contribution in [0.2, 0.25) is 0 Å². The van der Waals surface area contributed by atoms with Crippen LogP contribution in [0.15, 0.2) is 30.1 Å². The fourth-order valence-electron chi connectivity index (χ4n) is 5.35. The summed E-state index contributed by atoms with van der Waals surface area (Å²) in [6.07, 6.45) is -8.89. The molecule has 4 aromatic rings. The Kier molecular flexibility index (Phi) is 7.57. The van der Waals surface area contributed by atoms with Crippen LogP contribution in [0.1, 0.15) is 12.5 Å². The van der Waals surface area contributed by atoms with E-state index in [-0.39, 0.29) is 16.8 Å². The molecule has 3 aliphatic rings. The number of nitrogens with zero attached hydrogens (tertiary/aromatic N) is 7. The van der Waals surface area contributed by atoms with Crippen LogP contribution in [-0.4, -0.2) is 111 Å². The van der Waals surface area contributed by atoms with E-state index in [4.69, 9.17) is 27.6 Å². The number of fused-ring (bicyclic) bond motifs is 5. The van der Waals surface area contributed by atoms with Gasteiger partial charge in [-0.3, -0.25) is 32.0 Å². The van der Waals surface area contributed by atoms with Gasteiger partial charge in [-0.2, -0.15) is 0 Å². The van der Waals surface area contributed by atoms with Crippen molar-refractivity contribution < 1.29 is 56.0 Å². The first-order valence-corrected chi connectivity index (χ1v) is 16.2. The van der Waals surface area contributed by atoms with Crippen LogP contribution in [0.5, 0.6) is 0 Å². The van der Waals surface area contributed by atoms with Crippen LogP contribution >= 0.6 is 15.6 Å². The highest BCUT2D eigenvalue weighted by Gasteiger charge is 2.54. The highest BCUT2D eigenvalue weighted by molar-refractivity contribution is 7.47. The summed E-state index contributed by atoms with van der Waals surface area (Å²) in [4.78, 5) is 56.0. The molecule has 0 radical (unpaired) electrons. The summed E-state index contributed by atoms with van der Waals surface area (Å²) in [6, 6.07) is 0. The van der Waals surface area contributed by atoms with E-state index < -0.39 is 83.6 Å². The van der Waals surface area contributed by atoms with E-state index in [1.165, 1.54) is 17.2 Å². The lowest BCUT2D eigenvalue weighted by Crippen LogP contribution is -2.35. The third kappa shape index (κ3) is 5.36. The normalized spacial score (nSPS) is 37.6. The van der Waals surface area contributed by atoms with Gasteiger partial charge in [0.2, 0.25) is 0 Å². The second kappa shape index (κ2) is 11.2. The Labute approximate surface area is 249 Å². The predicted molar refractivity (Wildman–Crippen MR) is 143 cm³/mol. The number of H-pyrrole nitrogens is 1. The number of hydrogen-bond acceptors (Lipinski definition) is 16. The van der Waals surface area contributed by atoms with Gasteiger partial charge in [0.25, 0.3) is 5.56 Å². The molecule has 0 aromatic carbocycles. The average Bonchev–Trinajstić information content (AvgIpc) is 3.76. The molecule has 21 nitrogen and oxygen atoms in total. The SMILES string of the molecule is CNc1ncnc2c1ncn2C1O[C@H]2COP(=O)(O)O[C@@H]3C(COP(=O)(O)O[C@@H]1[C@@H]2O)OC(n1cnc2c(=O)[nH]cnc21)[C@@H]3F. The minimum Gasteiger partial charge on any atom is -0.387 e. The van der Waals surface area contributed by atoms with Gasteiger partial charge in [0.05, 0.1) is 32.2 Å². The number of anilines is 1. The minimum absolute atomic E-state index is 0.0754. The summed E-state index contributed by atoms with van der Waals surface area (Å²) in [5, 5.41) is 13.9. The molecule has 5 unspecified atom stereocenters. The highest BCUT2D eigenvalue weighted by atomic mass is 31.2. The highest BCUT2D eigenvalue weighted by Crippen LogP contribution is 2.54. The van der Waals surface area contributed by atoms with Crippen LogP contribution in [-0.2, 0) is 36.7 Å². The van der Waals surface area contributed by atoms with Gasteiger partial charge >= 0.3 is 15.6 Å². The zero-order valence-corrected chi connectivity index (χ0v) is 24.6. The van der Waals surface area contributed by atoms with Gasteiger partial charge in [0.1, 0.15) is 42.4 Å². The fraction of sp³-hybridized carbons (Fsp3) is 0.524. The molecule has 7 heterocycles. The van der Waals surface area contributed by atoms with E-state index in [1.54, 1.807) is 7.05 Å². The number of nitrogens with one attached hydrogen (secondary N) is 2. The van der Waals surface area contributed by atoms with Crippen LogP contribution in [0, 0.1) is 0 Å². The summed E-state index contributed by atoms with van der Waals surface area (Å²) in [5.74, 6) is 0.355. The monoisotopic (exact) mass is 675 g/mol. The molecule has 0 amide bonds. The third-order valence-corrected chi connectivity index (χ3v) is 9.37. The summed E-state index contributed by atoms with van der Waals surface area (Å²) in [5.41, 5.74) is -0.336. The molecule has 5 N–H and O–H groups in total. The number of hydrogen-bond donors (Lipinski definition) is 5. The molecule has 242 valence electrons. The smallest absolute Gasteiger partial charge is 0.387 e. The molecule has 0 spiro atoms. The zero-order valence-electron chi connectivity index (χ0n) is 22.8. The lowest BCUT2D eigenvalue weighted by atomic mass is 10.1.